The topological polar surface area (TPSA) is 102 Å². The number of nitrogens with one attached hydrogen (secondary N) is 1. The third-order valence-corrected chi connectivity index (χ3v) is 6.33. The van der Waals surface area contributed by atoms with Gasteiger partial charge < -0.3 is 15.1 Å². The number of aliphatic hydroxyl groups is 1. The number of fused-ring (bicyclic) bond motifs is 1. The van der Waals surface area contributed by atoms with Crippen LogP contribution in [0.2, 0.25) is 5.02 Å². The third-order valence-electron chi connectivity index (χ3n) is 6.03. The molecule has 0 saturated carbocycles. The quantitative estimate of drug-likeness (QED) is 0.234. The van der Waals surface area contributed by atoms with E-state index >= 15 is 0 Å². The smallest absolute Gasteiger partial charge is 0.271 e. The normalized spacial score (nSPS) is 12.0. The summed E-state index contributed by atoms with van der Waals surface area (Å²) in [6.07, 6.45) is 0.947. The number of hydrazone groups is 1. The van der Waals surface area contributed by atoms with Crippen LogP contribution in [0.25, 0.3) is 10.8 Å². The van der Waals surface area contributed by atoms with Crippen molar-refractivity contribution < 1.29 is 19.8 Å². The largest absolute Gasteiger partial charge is 0.506 e. The molecule has 0 aliphatic rings. The van der Waals surface area contributed by atoms with E-state index in [1.54, 1.807) is 7.05 Å². The van der Waals surface area contributed by atoms with Crippen LogP contribution in [-0.2, 0) is 11.2 Å². The van der Waals surface area contributed by atoms with Gasteiger partial charge in [-0.05, 0) is 40.1 Å². The van der Waals surface area contributed by atoms with Gasteiger partial charge in [-0.2, -0.15) is 5.10 Å². The molecule has 0 aromatic heterocycles. The number of benzene rings is 4. The molecular weight excluding hydrogens is 490 g/mol. The summed E-state index contributed by atoms with van der Waals surface area (Å²) in [6.45, 7) is 0.192. The van der Waals surface area contributed by atoms with Gasteiger partial charge in [0.2, 0.25) is 5.91 Å². The van der Waals surface area contributed by atoms with Crippen LogP contribution in [0.15, 0.2) is 90.0 Å². The standard InChI is InChI=1S/C29H26ClN3O4/c1-33(18-27(35)19-7-3-2-4-8-19)28(36)16-20-11-12-22(24-10-6-5-9-23(20)24)17-31-32-29(37)21-13-14-26(34)25(30)15-21/h2-15,17,27,34-35H,16,18H2,1H3,(H,32,37)/b31-17+. The van der Waals surface area contributed by atoms with E-state index in [1.807, 2.05) is 66.7 Å². The van der Waals surface area contributed by atoms with Crippen molar-refractivity contribution in [2.75, 3.05) is 13.6 Å². The first-order chi connectivity index (χ1) is 17.8. The molecule has 3 N–H and O–H groups in total. The molecule has 0 heterocycles. The fourth-order valence-electron chi connectivity index (χ4n) is 3.96. The zero-order valence-electron chi connectivity index (χ0n) is 20.1. The summed E-state index contributed by atoms with van der Waals surface area (Å²) in [5, 5.41) is 25.9. The summed E-state index contributed by atoms with van der Waals surface area (Å²) < 4.78 is 0. The number of phenolic OH excluding ortho intramolecular Hbond substituents is 1. The second kappa shape index (κ2) is 11.7. The van der Waals surface area contributed by atoms with Crippen molar-refractivity contribution in [2.24, 2.45) is 5.10 Å². The number of rotatable bonds is 8. The SMILES string of the molecule is CN(CC(O)c1ccccc1)C(=O)Cc1ccc(/C=N/NC(=O)c2ccc(O)c(Cl)c2)c2ccccc12. The highest BCUT2D eigenvalue weighted by Gasteiger charge is 2.17. The van der Waals surface area contributed by atoms with Crippen molar-refractivity contribution in [1.29, 1.82) is 0 Å². The number of halogens is 1. The minimum Gasteiger partial charge on any atom is -0.506 e. The van der Waals surface area contributed by atoms with Crippen LogP contribution in [0.4, 0.5) is 0 Å². The highest BCUT2D eigenvalue weighted by atomic mass is 35.5. The summed E-state index contributed by atoms with van der Waals surface area (Å²) in [5.74, 6) is -0.683. The van der Waals surface area contributed by atoms with Crippen molar-refractivity contribution in [2.45, 2.75) is 12.5 Å². The molecule has 8 heteroatoms. The van der Waals surface area contributed by atoms with Crippen LogP contribution in [-0.4, -0.2) is 46.7 Å². The number of hydrogen-bond donors (Lipinski definition) is 3. The minimum atomic E-state index is -0.765. The predicted molar refractivity (Wildman–Crippen MR) is 145 cm³/mol. The Balaban J connectivity index is 1.46. The molecular formula is C29H26ClN3O4. The van der Waals surface area contributed by atoms with Crippen molar-refractivity contribution in [3.8, 4) is 5.75 Å². The number of hydrogen-bond acceptors (Lipinski definition) is 5. The van der Waals surface area contributed by atoms with Gasteiger partial charge in [0.25, 0.3) is 5.91 Å². The minimum absolute atomic E-state index is 0.0768. The number of aromatic hydroxyl groups is 1. The Morgan fingerprint density at radius 1 is 1.00 bits per heavy atom. The number of nitrogens with zero attached hydrogens (tertiary/aromatic N) is 2. The number of likely N-dealkylation sites (N-methyl/N-ethyl adjacent to an activating group) is 1. The maximum absolute atomic E-state index is 13.0. The first kappa shape index (κ1) is 25.9. The average molecular weight is 516 g/mol. The Labute approximate surface area is 219 Å². The third kappa shape index (κ3) is 6.33. The van der Waals surface area contributed by atoms with Gasteiger partial charge in [0.05, 0.1) is 30.3 Å². The van der Waals surface area contributed by atoms with Gasteiger partial charge in [0, 0.05) is 18.2 Å². The lowest BCUT2D eigenvalue weighted by atomic mass is 9.98. The average Bonchev–Trinajstić information content (AvgIpc) is 2.91. The molecule has 1 atom stereocenters. The van der Waals surface area contributed by atoms with Crippen LogP contribution in [0, 0.1) is 0 Å². The summed E-state index contributed by atoms with van der Waals surface area (Å²) in [7, 11) is 1.68. The van der Waals surface area contributed by atoms with E-state index in [0.29, 0.717) is 0 Å². The number of phenols is 1. The van der Waals surface area contributed by atoms with Crippen LogP contribution in [0.3, 0.4) is 0 Å². The van der Waals surface area contributed by atoms with E-state index in [0.717, 1.165) is 27.5 Å². The highest BCUT2D eigenvalue weighted by molar-refractivity contribution is 6.32. The number of carbonyl (C=O) groups excluding carboxylic acids is 2. The van der Waals surface area contributed by atoms with Crippen LogP contribution in [0.5, 0.6) is 5.75 Å². The van der Waals surface area contributed by atoms with E-state index in [4.69, 9.17) is 11.6 Å². The molecule has 37 heavy (non-hydrogen) atoms. The lowest BCUT2D eigenvalue weighted by Crippen LogP contribution is -2.32. The fourth-order valence-corrected chi connectivity index (χ4v) is 4.14. The van der Waals surface area contributed by atoms with E-state index < -0.39 is 12.0 Å². The lowest BCUT2D eigenvalue weighted by Gasteiger charge is -2.21. The second-order valence-corrected chi connectivity index (χ2v) is 9.01. The molecule has 188 valence electrons. The van der Waals surface area contributed by atoms with Crippen molar-refractivity contribution in [3.63, 3.8) is 0 Å². The van der Waals surface area contributed by atoms with Gasteiger partial charge in [0.15, 0.2) is 0 Å². The van der Waals surface area contributed by atoms with Gasteiger partial charge >= 0.3 is 0 Å². The van der Waals surface area contributed by atoms with Crippen LogP contribution < -0.4 is 5.43 Å². The van der Waals surface area contributed by atoms with E-state index in [2.05, 4.69) is 10.5 Å². The Bertz CT molecular complexity index is 1460. The highest BCUT2D eigenvalue weighted by Crippen LogP contribution is 2.24. The number of amides is 2. The Kier molecular flexibility index (Phi) is 8.18. The molecule has 0 fully saturated rings. The molecule has 0 radical (unpaired) electrons. The molecule has 0 spiro atoms. The zero-order valence-corrected chi connectivity index (χ0v) is 20.9. The van der Waals surface area contributed by atoms with Gasteiger partial charge in [-0.25, -0.2) is 5.43 Å². The van der Waals surface area contributed by atoms with Gasteiger partial charge in [-0.15, -0.1) is 0 Å². The maximum Gasteiger partial charge on any atom is 0.271 e. The first-order valence-electron chi connectivity index (χ1n) is 11.6. The lowest BCUT2D eigenvalue weighted by molar-refractivity contribution is -0.130. The van der Waals surface area contributed by atoms with Crippen LogP contribution >= 0.6 is 11.6 Å². The molecule has 4 aromatic rings. The summed E-state index contributed by atoms with van der Waals surface area (Å²) in [4.78, 5) is 26.8. The molecule has 4 aromatic carbocycles. The zero-order chi connectivity index (χ0) is 26.4. The summed E-state index contributed by atoms with van der Waals surface area (Å²) >= 11 is 5.87. The Hall–Kier alpha value is -4.20. The Morgan fingerprint density at radius 3 is 2.43 bits per heavy atom. The first-order valence-corrected chi connectivity index (χ1v) is 12.0. The summed E-state index contributed by atoms with van der Waals surface area (Å²) in [5.41, 5.74) is 5.10. The van der Waals surface area contributed by atoms with Crippen LogP contribution in [0.1, 0.15) is 33.2 Å². The Morgan fingerprint density at radius 2 is 1.70 bits per heavy atom. The van der Waals surface area contributed by atoms with Crippen molar-refractivity contribution in [3.05, 3.63) is 112 Å². The fraction of sp³-hybridized carbons (Fsp3) is 0.138. The molecule has 0 aliphatic heterocycles. The number of aliphatic hydroxyl groups excluding tert-OH is 1. The molecule has 0 aliphatic carbocycles. The molecule has 7 nitrogen and oxygen atoms in total. The van der Waals surface area contributed by atoms with Gasteiger partial charge in [-0.3, -0.25) is 9.59 Å². The van der Waals surface area contributed by atoms with Gasteiger partial charge in [0.1, 0.15) is 5.75 Å². The molecule has 1 unspecified atom stereocenters. The number of carbonyl (C=O) groups is 2. The van der Waals surface area contributed by atoms with E-state index in [9.17, 15) is 19.8 Å². The maximum atomic E-state index is 13.0. The van der Waals surface area contributed by atoms with Crippen molar-refractivity contribution in [1.82, 2.24) is 10.3 Å². The molecule has 0 bridgehead atoms. The van der Waals surface area contributed by atoms with E-state index in [-0.39, 0.29) is 35.2 Å². The monoisotopic (exact) mass is 515 g/mol. The van der Waals surface area contributed by atoms with Crippen molar-refractivity contribution >= 4 is 40.4 Å². The predicted octanol–water partition coefficient (Wildman–Crippen LogP) is 4.70. The molecule has 4 rings (SSSR count). The van der Waals surface area contributed by atoms with E-state index in [1.165, 1.54) is 29.3 Å². The second-order valence-electron chi connectivity index (χ2n) is 8.60. The molecule has 0 saturated heterocycles. The van der Waals surface area contributed by atoms with Gasteiger partial charge in [-0.1, -0.05) is 78.3 Å². The molecule has 2 amide bonds. The summed E-state index contributed by atoms with van der Waals surface area (Å²) in [6, 6.07) is 24.8.